The van der Waals surface area contributed by atoms with Gasteiger partial charge >= 0.3 is 29.4 Å². The zero-order valence-electron chi connectivity index (χ0n) is 16.9. The molecule has 2 heterocycles. The standard InChI is InChI=1S/C20H9ClF10N2O2S/c21-12-6-11(16(22,18(23,24)25)19(26,27)28)8-14(36-20(29,30)31)15(12)33-17(34-35-17)10-4-3-9-2-1-5-32-13(9)7-10/h1-8,33H. The molecular formula is C20H9ClF10N2O2S. The van der Waals surface area contributed by atoms with Crippen molar-refractivity contribution in [1.82, 2.24) is 4.98 Å². The molecule has 1 aromatic heterocycles. The van der Waals surface area contributed by atoms with E-state index in [1.165, 1.54) is 18.3 Å². The van der Waals surface area contributed by atoms with Crippen LogP contribution >= 0.6 is 23.4 Å². The monoisotopic (exact) mass is 566 g/mol. The van der Waals surface area contributed by atoms with Gasteiger partial charge in [0, 0.05) is 27.6 Å². The van der Waals surface area contributed by atoms with E-state index in [9.17, 15) is 43.9 Å². The number of fused-ring (bicyclic) bond motifs is 1. The van der Waals surface area contributed by atoms with Gasteiger partial charge in [-0.2, -0.15) is 49.3 Å². The zero-order chi connectivity index (χ0) is 26.7. The van der Waals surface area contributed by atoms with Gasteiger partial charge in [-0.3, -0.25) is 4.98 Å². The Bertz CT molecular complexity index is 1290. The topological polar surface area (TPSA) is 50.0 Å². The molecule has 2 aromatic carbocycles. The van der Waals surface area contributed by atoms with Crippen molar-refractivity contribution in [2.75, 3.05) is 5.32 Å². The lowest BCUT2D eigenvalue weighted by molar-refractivity contribution is -0.348. The van der Waals surface area contributed by atoms with Crippen LogP contribution in [0.15, 0.2) is 53.6 Å². The smallest absolute Gasteiger partial charge is 0.324 e. The molecule has 1 saturated heterocycles. The van der Waals surface area contributed by atoms with Crippen molar-refractivity contribution in [1.29, 1.82) is 0 Å². The molecule has 4 nitrogen and oxygen atoms in total. The molecule has 0 bridgehead atoms. The SMILES string of the molecule is FC(F)(F)Sc1cc(C(F)(C(F)(F)F)C(F)(F)F)cc(Cl)c1NC1(c2ccc3cccnc3c2)OO1. The third-order valence-electron chi connectivity index (χ3n) is 4.98. The summed E-state index contributed by atoms with van der Waals surface area (Å²) < 4.78 is 133. The molecule has 0 amide bonds. The molecule has 4 rings (SSSR count). The van der Waals surface area contributed by atoms with E-state index in [0.717, 1.165) is 0 Å². The fraction of sp³-hybridized carbons (Fsp3) is 0.250. The van der Waals surface area contributed by atoms with Gasteiger partial charge in [-0.1, -0.05) is 29.8 Å². The lowest BCUT2D eigenvalue weighted by atomic mass is 9.94. The van der Waals surface area contributed by atoms with E-state index in [0.29, 0.717) is 10.9 Å². The Balaban J connectivity index is 1.83. The average molecular weight is 567 g/mol. The third kappa shape index (κ3) is 4.76. The normalized spacial score (nSPS) is 16.3. The number of halogens is 11. The van der Waals surface area contributed by atoms with Crippen LogP contribution < -0.4 is 5.32 Å². The average Bonchev–Trinajstić information content (AvgIpc) is 3.53. The Hall–Kier alpha value is -2.49. The van der Waals surface area contributed by atoms with E-state index in [2.05, 4.69) is 10.3 Å². The fourth-order valence-corrected chi connectivity index (χ4v) is 4.30. The molecule has 0 unspecified atom stereocenters. The van der Waals surface area contributed by atoms with E-state index in [-0.39, 0.29) is 17.7 Å². The lowest BCUT2D eigenvalue weighted by Crippen LogP contribution is -2.50. The van der Waals surface area contributed by atoms with Crippen molar-refractivity contribution in [3.05, 3.63) is 64.8 Å². The van der Waals surface area contributed by atoms with Crippen LogP contribution in [0.4, 0.5) is 49.6 Å². The minimum Gasteiger partial charge on any atom is -0.324 e. The third-order valence-corrected chi connectivity index (χ3v) is 6.06. The summed E-state index contributed by atoms with van der Waals surface area (Å²) in [5.74, 6) is -2.00. The van der Waals surface area contributed by atoms with E-state index < -0.39 is 62.4 Å². The van der Waals surface area contributed by atoms with Crippen LogP contribution in [0.3, 0.4) is 0 Å². The van der Waals surface area contributed by atoms with Crippen molar-refractivity contribution in [2.24, 2.45) is 0 Å². The fourth-order valence-electron chi connectivity index (χ4n) is 3.28. The summed E-state index contributed by atoms with van der Waals surface area (Å²) >= 11 is 4.71. The van der Waals surface area contributed by atoms with Crippen molar-refractivity contribution < 1.29 is 53.7 Å². The van der Waals surface area contributed by atoms with E-state index in [4.69, 9.17) is 21.4 Å². The van der Waals surface area contributed by atoms with Gasteiger partial charge in [0.25, 0.3) is 0 Å². The molecule has 1 fully saturated rings. The molecule has 1 aliphatic rings. The molecule has 0 atom stereocenters. The van der Waals surface area contributed by atoms with E-state index >= 15 is 0 Å². The number of pyridine rings is 1. The van der Waals surface area contributed by atoms with Crippen LogP contribution in [-0.2, 0) is 21.4 Å². The molecule has 0 radical (unpaired) electrons. The number of anilines is 1. The predicted molar refractivity (Wildman–Crippen MR) is 107 cm³/mol. The van der Waals surface area contributed by atoms with Gasteiger partial charge in [0.15, 0.2) is 0 Å². The summed E-state index contributed by atoms with van der Waals surface area (Å²) in [6.45, 7) is 0. The molecule has 0 spiro atoms. The van der Waals surface area contributed by atoms with Crippen LogP contribution in [0, 0.1) is 0 Å². The number of thioether (sulfide) groups is 1. The number of nitrogens with zero attached hydrogens (tertiary/aromatic N) is 1. The predicted octanol–water partition coefficient (Wildman–Crippen LogP) is 7.97. The summed E-state index contributed by atoms with van der Waals surface area (Å²) in [5.41, 5.74) is -13.7. The van der Waals surface area contributed by atoms with Crippen molar-refractivity contribution in [3.63, 3.8) is 0 Å². The second-order valence-electron chi connectivity index (χ2n) is 7.35. The molecule has 36 heavy (non-hydrogen) atoms. The van der Waals surface area contributed by atoms with Crippen LogP contribution in [-0.4, -0.2) is 22.8 Å². The highest BCUT2D eigenvalue weighted by molar-refractivity contribution is 8.00. The lowest BCUT2D eigenvalue weighted by Gasteiger charge is -2.31. The number of aromatic nitrogens is 1. The van der Waals surface area contributed by atoms with Crippen LogP contribution in [0.1, 0.15) is 11.1 Å². The summed E-state index contributed by atoms with van der Waals surface area (Å²) in [6, 6.07) is 7.41. The first-order valence-corrected chi connectivity index (χ1v) is 10.6. The number of hydrogen-bond acceptors (Lipinski definition) is 5. The number of nitrogens with one attached hydrogen (secondary N) is 1. The second kappa shape index (κ2) is 8.53. The summed E-state index contributed by atoms with van der Waals surface area (Å²) in [4.78, 5) is 12.5. The highest BCUT2D eigenvalue weighted by atomic mass is 35.5. The Morgan fingerprint density at radius 3 is 2.06 bits per heavy atom. The second-order valence-corrected chi connectivity index (χ2v) is 8.87. The van der Waals surface area contributed by atoms with Crippen molar-refractivity contribution in [2.45, 2.75) is 34.3 Å². The quantitative estimate of drug-likeness (QED) is 0.147. The summed E-state index contributed by atoms with van der Waals surface area (Å²) in [6.07, 6.45) is -11.7. The highest BCUT2D eigenvalue weighted by Crippen LogP contribution is 2.56. The van der Waals surface area contributed by atoms with Gasteiger partial charge in [-0.05, 0) is 36.0 Å². The van der Waals surface area contributed by atoms with E-state index in [1.54, 1.807) is 18.2 Å². The Labute approximate surface area is 203 Å². The van der Waals surface area contributed by atoms with Crippen molar-refractivity contribution >= 4 is 40.0 Å². The van der Waals surface area contributed by atoms with Gasteiger partial charge in [0.1, 0.15) is 0 Å². The van der Waals surface area contributed by atoms with Crippen LogP contribution in [0.5, 0.6) is 0 Å². The zero-order valence-corrected chi connectivity index (χ0v) is 18.5. The number of hydrogen-bond donors (Lipinski definition) is 1. The number of benzene rings is 2. The Morgan fingerprint density at radius 2 is 1.50 bits per heavy atom. The van der Waals surface area contributed by atoms with E-state index in [1.807, 2.05) is 0 Å². The maximum absolute atomic E-state index is 14.6. The first kappa shape index (κ1) is 26.6. The molecule has 16 heteroatoms. The molecule has 3 aromatic rings. The van der Waals surface area contributed by atoms with Gasteiger partial charge in [0.05, 0.1) is 16.2 Å². The van der Waals surface area contributed by atoms with Gasteiger partial charge < -0.3 is 5.32 Å². The molecule has 0 saturated carbocycles. The van der Waals surface area contributed by atoms with Gasteiger partial charge in [0.2, 0.25) is 0 Å². The minimum atomic E-state index is -6.56. The largest absolute Gasteiger partial charge is 0.446 e. The van der Waals surface area contributed by atoms with Crippen molar-refractivity contribution in [3.8, 4) is 0 Å². The first-order valence-electron chi connectivity index (χ1n) is 9.39. The maximum atomic E-state index is 14.6. The van der Waals surface area contributed by atoms with Gasteiger partial charge in [-0.15, -0.1) is 0 Å². The Morgan fingerprint density at radius 1 is 0.861 bits per heavy atom. The molecule has 194 valence electrons. The number of rotatable bonds is 5. The summed E-state index contributed by atoms with van der Waals surface area (Å²) in [5, 5.41) is 1.88. The number of alkyl halides is 10. The molecule has 1 aliphatic heterocycles. The molecule has 1 N–H and O–H groups in total. The first-order chi connectivity index (χ1) is 16.5. The maximum Gasteiger partial charge on any atom is 0.446 e. The highest BCUT2D eigenvalue weighted by Gasteiger charge is 2.73. The van der Waals surface area contributed by atoms with Gasteiger partial charge in [-0.25, -0.2) is 4.39 Å². The molecular weight excluding hydrogens is 558 g/mol. The minimum absolute atomic E-state index is 0.0661. The summed E-state index contributed by atoms with van der Waals surface area (Å²) in [7, 11) is 0. The van der Waals surface area contributed by atoms with Crippen LogP contribution in [0.2, 0.25) is 5.02 Å². The van der Waals surface area contributed by atoms with Crippen LogP contribution in [0.25, 0.3) is 10.9 Å². The Kier molecular flexibility index (Phi) is 6.30. The molecule has 0 aliphatic carbocycles.